The molecular formula is C14H16F3NO4. The molecule has 1 atom stereocenters. The Morgan fingerprint density at radius 1 is 1.27 bits per heavy atom. The lowest BCUT2D eigenvalue weighted by atomic mass is 9.99. The normalized spacial score (nSPS) is 18.9. The Kier molecular flexibility index (Phi) is 4.99. The highest BCUT2D eigenvalue weighted by Crippen LogP contribution is 2.25. The van der Waals surface area contributed by atoms with Crippen molar-refractivity contribution in [3.05, 3.63) is 24.3 Å². The van der Waals surface area contributed by atoms with Crippen LogP contribution in [0.3, 0.4) is 0 Å². The highest BCUT2D eigenvalue weighted by molar-refractivity contribution is 5.65. The zero-order valence-electron chi connectivity index (χ0n) is 11.7. The van der Waals surface area contributed by atoms with Crippen LogP contribution in [0.25, 0.3) is 0 Å². The van der Waals surface area contributed by atoms with Crippen molar-refractivity contribution in [3.63, 3.8) is 0 Å². The van der Waals surface area contributed by atoms with E-state index in [2.05, 4.69) is 4.74 Å². The maximum absolute atomic E-state index is 12.0. The van der Waals surface area contributed by atoms with Crippen LogP contribution in [0.1, 0.15) is 12.8 Å². The topological polar surface area (TPSA) is 59.0 Å². The lowest BCUT2D eigenvalue weighted by Gasteiger charge is -2.30. The van der Waals surface area contributed by atoms with E-state index in [0.717, 1.165) is 12.8 Å². The number of amides is 1. The number of ether oxygens (including phenoxy) is 2. The van der Waals surface area contributed by atoms with Crippen LogP contribution in [0, 0.1) is 5.92 Å². The molecule has 1 N–H and O–H groups in total. The van der Waals surface area contributed by atoms with E-state index >= 15 is 0 Å². The predicted molar refractivity (Wildman–Crippen MR) is 70.9 cm³/mol. The van der Waals surface area contributed by atoms with Crippen molar-refractivity contribution in [2.45, 2.75) is 19.2 Å². The van der Waals surface area contributed by atoms with Crippen molar-refractivity contribution in [1.29, 1.82) is 0 Å². The quantitative estimate of drug-likeness (QED) is 0.924. The van der Waals surface area contributed by atoms with Gasteiger partial charge in [0, 0.05) is 19.0 Å². The number of hydrogen-bond acceptors (Lipinski definition) is 3. The number of rotatable bonds is 4. The van der Waals surface area contributed by atoms with Gasteiger partial charge in [-0.3, -0.25) is 0 Å². The summed E-state index contributed by atoms with van der Waals surface area (Å²) in [4.78, 5) is 12.3. The molecule has 1 aliphatic rings. The van der Waals surface area contributed by atoms with Crippen LogP contribution in [-0.4, -0.2) is 42.2 Å². The second-order valence-corrected chi connectivity index (χ2v) is 5.07. The summed E-state index contributed by atoms with van der Waals surface area (Å²) in [5.74, 6) is 0.187. The summed E-state index contributed by atoms with van der Waals surface area (Å²) in [6.45, 7) is 1.25. The van der Waals surface area contributed by atoms with Gasteiger partial charge in [0.2, 0.25) is 0 Å². The lowest BCUT2D eigenvalue weighted by molar-refractivity contribution is -0.274. The summed E-state index contributed by atoms with van der Waals surface area (Å²) < 4.78 is 45.4. The molecule has 1 unspecified atom stereocenters. The summed E-state index contributed by atoms with van der Waals surface area (Å²) in [6.07, 6.45) is -4.03. The van der Waals surface area contributed by atoms with Crippen molar-refractivity contribution in [3.8, 4) is 11.5 Å². The third-order valence-corrected chi connectivity index (χ3v) is 3.33. The van der Waals surface area contributed by atoms with Crippen LogP contribution in [0.15, 0.2) is 24.3 Å². The second kappa shape index (κ2) is 6.76. The summed E-state index contributed by atoms with van der Waals surface area (Å²) in [5, 5.41) is 8.94. The Hall–Kier alpha value is -2.12. The van der Waals surface area contributed by atoms with Crippen molar-refractivity contribution in [2.24, 2.45) is 5.92 Å². The Balaban J connectivity index is 1.83. The molecular weight excluding hydrogens is 303 g/mol. The summed E-state index contributed by atoms with van der Waals surface area (Å²) in [6, 6.07) is 5.12. The van der Waals surface area contributed by atoms with Gasteiger partial charge in [0.1, 0.15) is 11.5 Å². The average molecular weight is 319 g/mol. The summed E-state index contributed by atoms with van der Waals surface area (Å²) in [7, 11) is 0. The standard InChI is InChI=1S/C14H16F3NO4/c15-14(16,17)22-12-5-3-11(4-6-12)21-9-10-2-1-7-18(8-10)13(19)20/h3-6,10H,1-2,7-9H2,(H,19,20). The highest BCUT2D eigenvalue weighted by Gasteiger charge is 2.31. The number of piperidine rings is 1. The molecule has 0 spiro atoms. The first-order chi connectivity index (χ1) is 10.3. The molecule has 1 fully saturated rings. The number of benzene rings is 1. The SMILES string of the molecule is O=C(O)N1CCCC(COc2ccc(OC(F)(F)F)cc2)C1. The number of carbonyl (C=O) groups is 1. The second-order valence-electron chi connectivity index (χ2n) is 5.07. The molecule has 122 valence electrons. The van der Waals surface area contributed by atoms with E-state index in [-0.39, 0.29) is 11.7 Å². The number of nitrogens with zero attached hydrogens (tertiary/aromatic N) is 1. The van der Waals surface area contributed by atoms with Gasteiger partial charge in [0.05, 0.1) is 6.61 Å². The molecule has 1 aromatic carbocycles. The zero-order valence-corrected chi connectivity index (χ0v) is 11.7. The zero-order chi connectivity index (χ0) is 16.2. The third-order valence-electron chi connectivity index (χ3n) is 3.33. The molecule has 0 saturated carbocycles. The largest absolute Gasteiger partial charge is 0.573 e. The molecule has 1 heterocycles. The number of hydrogen-bond donors (Lipinski definition) is 1. The molecule has 1 aromatic rings. The molecule has 0 bridgehead atoms. The Morgan fingerprint density at radius 3 is 2.50 bits per heavy atom. The first kappa shape index (κ1) is 16.3. The minimum absolute atomic E-state index is 0.0796. The monoisotopic (exact) mass is 319 g/mol. The van der Waals surface area contributed by atoms with E-state index in [4.69, 9.17) is 9.84 Å². The fourth-order valence-corrected chi connectivity index (χ4v) is 2.33. The molecule has 2 rings (SSSR count). The number of halogens is 3. The van der Waals surface area contributed by atoms with Crippen LogP contribution in [0.4, 0.5) is 18.0 Å². The van der Waals surface area contributed by atoms with E-state index < -0.39 is 12.5 Å². The van der Waals surface area contributed by atoms with Crippen molar-refractivity contribution < 1.29 is 32.5 Å². The molecule has 0 aromatic heterocycles. The van der Waals surface area contributed by atoms with E-state index in [0.29, 0.717) is 25.4 Å². The van der Waals surface area contributed by atoms with Gasteiger partial charge in [0.15, 0.2) is 0 Å². The van der Waals surface area contributed by atoms with Crippen LogP contribution in [0.2, 0.25) is 0 Å². The summed E-state index contributed by atoms with van der Waals surface area (Å²) >= 11 is 0. The van der Waals surface area contributed by atoms with Crippen LogP contribution in [-0.2, 0) is 0 Å². The Bertz CT molecular complexity index is 504. The summed E-state index contributed by atoms with van der Waals surface area (Å²) in [5.41, 5.74) is 0. The predicted octanol–water partition coefficient (Wildman–Crippen LogP) is 3.35. The van der Waals surface area contributed by atoms with E-state index in [1.54, 1.807) is 0 Å². The third kappa shape index (κ3) is 5.01. The van der Waals surface area contributed by atoms with Gasteiger partial charge in [-0.15, -0.1) is 13.2 Å². The van der Waals surface area contributed by atoms with Gasteiger partial charge in [0.25, 0.3) is 0 Å². The van der Waals surface area contributed by atoms with Crippen molar-refractivity contribution >= 4 is 6.09 Å². The van der Waals surface area contributed by atoms with Gasteiger partial charge in [-0.1, -0.05) is 0 Å². The maximum atomic E-state index is 12.0. The van der Waals surface area contributed by atoms with E-state index in [1.165, 1.54) is 29.2 Å². The number of carboxylic acid groups (broad SMARTS) is 1. The smallest absolute Gasteiger partial charge is 0.493 e. The minimum Gasteiger partial charge on any atom is -0.493 e. The van der Waals surface area contributed by atoms with Gasteiger partial charge >= 0.3 is 12.5 Å². The molecule has 1 aliphatic heterocycles. The molecule has 1 saturated heterocycles. The molecule has 22 heavy (non-hydrogen) atoms. The van der Waals surface area contributed by atoms with Gasteiger partial charge < -0.3 is 19.5 Å². The molecule has 0 aliphatic carbocycles. The first-order valence-electron chi connectivity index (χ1n) is 6.80. The fourth-order valence-electron chi connectivity index (χ4n) is 2.33. The lowest BCUT2D eigenvalue weighted by Crippen LogP contribution is -2.40. The van der Waals surface area contributed by atoms with Crippen LogP contribution in [0.5, 0.6) is 11.5 Å². The Labute approximate surface area is 125 Å². The number of alkyl halides is 3. The molecule has 5 nitrogen and oxygen atoms in total. The van der Waals surface area contributed by atoms with Gasteiger partial charge in [-0.2, -0.15) is 0 Å². The van der Waals surface area contributed by atoms with E-state index in [1.807, 2.05) is 0 Å². The van der Waals surface area contributed by atoms with Crippen molar-refractivity contribution in [1.82, 2.24) is 4.90 Å². The fraction of sp³-hybridized carbons (Fsp3) is 0.500. The highest BCUT2D eigenvalue weighted by atomic mass is 19.4. The number of likely N-dealkylation sites (tertiary alicyclic amines) is 1. The van der Waals surface area contributed by atoms with Gasteiger partial charge in [-0.05, 0) is 37.1 Å². The van der Waals surface area contributed by atoms with Crippen molar-refractivity contribution in [2.75, 3.05) is 19.7 Å². The maximum Gasteiger partial charge on any atom is 0.573 e. The van der Waals surface area contributed by atoms with E-state index in [9.17, 15) is 18.0 Å². The minimum atomic E-state index is -4.72. The van der Waals surface area contributed by atoms with Gasteiger partial charge in [-0.25, -0.2) is 4.79 Å². The van der Waals surface area contributed by atoms with Crippen LogP contribution < -0.4 is 9.47 Å². The molecule has 8 heteroatoms. The van der Waals surface area contributed by atoms with Crippen LogP contribution >= 0.6 is 0 Å². The average Bonchev–Trinajstić information content (AvgIpc) is 2.45. The first-order valence-corrected chi connectivity index (χ1v) is 6.80. The molecule has 0 radical (unpaired) electrons. The Morgan fingerprint density at radius 2 is 1.91 bits per heavy atom. The molecule has 1 amide bonds.